The number of hydrogen-bond acceptors (Lipinski definition) is 5. The highest BCUT2D eigenvalue weighted by atomic mass is 32.1. The summed E-state index contributed by atoms with van der Waals surface area (Å²) in [6, 6.07) is 19.7. The molecule has 3 amide bonds. The molecule has 0 spiro atoms. The largest absolute Gasteiger partial charge is 0.467 e. The molecule has 2 heterocycles. The van der Waals surface area contributed by atoms with Gasteiger partial charge in [-0.05, 0) is 41.8 Å². The van der Waals surface area contributed by atoms with Gasteiger partial charge < -0.3 is 15.1 Å². The molecular weight excluding hydrogens is 469 g/mol. The SMILES string of the molecule is O=C(NCC(=O)N(c1ccccc1)[C@@H](C(=O)NCc1ccco1)c1ccccc1F)c1cccs1. The number of carbonyl (C=O) groups excluding carboxylic acids is 3. The number of thiophene rings is 1. The average molecular weight is 492 g/mol. The van der Waals surface area contributed by atoms with Crippen LogP contribution >= 0.6 is 11.3 Å². The van der Waals surface area contributed by atoms with Crippen molar-refractivity contribution in [1.82, 2.24) is 10.6 Å². The van der Waals surface area contributed by atoms with Crippen LogP contribution in [0.5, 0.6) is 0 Å². The van der Waals surface area contributed by atoms with Crippen molar-refractivity contribution in [1.29, 1.82) is 0 Å². The Morgan fingerprint density at radius 2 is 1.69 bits per heavy atom. The average Bonchev–Trinajstić information content (AvgIpc) is 3.60. The summed E-state index contributed by atoms with van der Waals surface area (Å²) in [6.45, 7) is -0.329. The minimum Gasteiger partial charge on any atom is -0.467 e. The van der Waals surface area contributed by atoms with E-state index >= 15 is 0 Å². The van der Waals surface area contributed by atoms with Crippen LogP contribution in [-0.4, -0.2) is 24.3 Å². The number of rotatable bonds is 9. The number of furan rings is 1. The molecule has 4 aromatic rings. The van der Waals surface area contributed by atoms with Gasteiger partial charge in [0.15, 0.2) is 0 Å². The van der Waals surface area contributed by atoms with Crippen LogP contribution in [0.15, 0.2) is 94.9 Å². The van der Waals surface area contributed by atoms with Crippen molar-refractivity contribution in [2.75, 3.05) is 11.4 Å². The predicted molar refractivity (Wildman–Crippen MR) is 130 cm³/mol. The molecular formula is C26H22FN3O4S. The van der Waals surface area contributed by atoms with E-state index in [-0.39, 0.29) is 18.7 Å². The Kier molecular flexibility index (Phi) is 7.69. The molecule has 0 bridgehead atoms. The molecule has 0 saturated heterocycles. The Balaban J connectivity index is 1.66. The van der Waals surface area contributed by atoms with E-state index in [1.165, 1.54) is 40.7 Å². The van der Waals surface area contributed by atoms with Crippen LogP contribution in [0.2, 0.25) is 0 Å². The number of nitrogens with one attached hydrogen (secondary N) is 2. The lowest BCUT2D eigenvalue weighted by molar-refractivity contribution is -0.126. The highest BCUT2D eigenvalue weighted by molar-refractivity contribution is 7.12. The van der Waals surface area contributed by atoms with Gasteiger partial charge in [0.05, 0.1) is 24.2 Å². The monoisotopic (exact) mass is 491 g/mol. The van der Waals surface area contributed by atoms with Gasteiger partial charge in [-0.15, -0.1) is 11.3 Å². The summed E-state index contributed by atoms with van der Waals surface area (Å²) in [5.41, 5.74) is 0.399. The molecule has 4 rings (SSSR count). The fourth-order valence-electron chi connectivity index (χ4n) is 3.54. The number of para-hydroxylation sites is 1. The predicted octanol–water partition coefficient (Wildman–Crippen LogP) is 4.30. The first-order valence-corrected chi connectivity index (χ1v) is 11.7. The summed E-state index contributed by atoms with van der Waals surface area (Å²) in [5, 5.41) is 7.07. The Hall–Kier alpha value is -4.24. The van der Waals surface area contributed by atoms with Gasteiger partial charge in [0.25, 0.3) is 5.91 Å². The lowest BCUT2D eigenvalue weighted by Gasteiger charge is -2.31. The highest BCUT2D eigenvalue weighted by Gasteiger charge is 2.34. The number of benzene rings is 2. The van der Waals surface area contributed by atoms with E-state index in [4.69, 9.17) is 4.42 Å². The fourth-order valence-corrected chi connectivity index (χ4v) is 4.18. The smallest absolute Gasteiger partial charge is 0.261 e. The number of nitrogens with zero attached hydrogens (tertiary/aromatic N) is 1. The second-order valence-corrected chi connectivity index (χ2v) is 8.43. The van der Waals surface area contributed by atoms with Crippen LogP contribution in [-0.2, 0) is 16.1 Å². The maximum absolute atomic E-state index is 14.9. The molecule has 2 N–H and O–H groups in total. The minimum atomic E-state index is -1.33. The van der Waals surface area contributed by atoms with Gasteiger partial charge in [0.1, 0.15) is 17.6 Å². The van der Waals surface area contributed by atoms with E-state index in [1.54, 1.807) is 66.0 Å². The Morgan fingerprint density at radius 3 is 2.37 bits per heavy atom. The summed E-state index contributed by atoms with van der Waals surface area (Å²) < 4.78 is 20.2. The summed E-state index contributed by atoms with van der Waals surface area (Å²) in [6.07, 6.45) is 1.48. The van der Waals surface area contributed by atoms with Crippen LogP contribution in [0.4, 0.5) is 10.1 Å². The zero-order valence-corrected chi connectivity index (χ0v) is 19.3. The number of halogens is 1. The number of amides is 3. The molecule has 9 heteroatoms. The van der Waals surface area contributed by atoms with Gasteiger partial charge >= 0.3 is 0 Å². The van der Waals surface area contributed by atoms with E-state index in [0.29, 0.717) is 16.3 Å². The van der Waals surface area contributed by atoms with E-state index in [0.717, 1.165) is 0 Å². The number of hydrogen-bond donors (Lipinski definition) is 2. The standard InChI is InChI=1S/C26H22FN3O4S/c27-21-12-5-4-11-20(21)24(26(33)28-16-19-10-6-14-34-19)30(18-8-2-1-3-9-18)23(31)17-29-25(32)22-13-7-15-35-22/h1-15,24H,16-17H2,(H,28,33)(H,29,32)/t24-/m1/s1. The van der Waals surface area contributed by atoms with Gasteiger partial charge in [0, 0.05) is 11.3 Å². The molecule has 0 saturated carbocycles. The van der Waals surface area contributed by atoms with E-state index in [1.807, 2.05) is 0 Å². The zero-order chi connectivity index (χ0) is 24.6. The van der Waals surface area contributed by atoms with Crippen molar-refractivity contribution in [3.63, 3.8) is 0 Å². The first-order valence-electron chi connectivity index (χ1n) is 10.8. The molecule has 0 radical (unpaired) electrons. The Labute approximate surface area is 205 Å². The summed E-state index contributed by atoms with van der Waals surface area (Å²) in [5.74, 6) is -1.73. The molecule has 0 aliphatic rings. The minimum absolute atomic E-state index is 0.0197. The van der Waals surface area contributed by atoms with E-state index in [2.05, 4.69) is 10.6 Å². The van der Waals surface area contributed by atoms with E-state index < -0.39 is 29.6 Å². The van der Waals surface area contributed by atoms with Crippen molar-refractivity contribution >= 4 is 34.7 Å². The summed E-state index contributed by atoms with van der Waals surface area (Å²) in [4.78, 5) is 41.0. The molecule has 178 valence electrons. The number of anilines is 1. The van der Waals surface area contributed by atoms with E-state index in [9.17, 15) is 18.8 Å². The Morgan fingerprint density at radius 1 is 0.914 bits per heavy atom. The maximum Gasteiger partial charge on any atom is 0.261 e. The molecule has 7 nitrogen and oxygen atoms in total. The zero-order valence-electron chi connectivity index (χ0n) is 18.5. The third-order valence-corrected chi connectivity index (χ3v) is 6.04. The number of carbonyl (C=O) groups is 3. The van der Waals surface area contributed by atoms with Crippen LogP contribution in [0.3, 0.4) is 0 Å². The third-order valence-electron chi connectivity index (χ3n) is 5.17. The van der Waals surface area contributed by atoms with Crippen molar-refractivity contribution < 1.29 is 23.2 Å². The second kappa shape index (κ2) is 11.3. The first-order chi connectivity index (χ1) is 17.0. The van der Waals surface area contributed by atoms with Gasteiger partial charge in [-0.2, -0.15) is 0 Å². The topological polar surface area (TPSA) is 91.7 Å². The molecule has 2 aromatic carbocycles. The molecule has 0 fully saturated rings. The van der Waals surface area contributed by atoms with Crippen molar-refractivity contribution in [3.8, 4) is 0 Å². The molecule has 1 atom stereocenters. The fraction of sp³-hybridized carbons (Fsp3) is 0.115. The molecule has 35 heavy (non-hydrogen) atoms. The second-order valence-electron chi connectivity index (χ2n) is 7.48. The highest BCUT2D eigenvalue weighted by Crippen LogP contribution is 2.29. The normalized spacial score (nSPS) is 11.5. The quantitative estimate of drug-likeness (QED) is 0.365. The van der Waals surface area contributed by atoms with Crippen molar-refractivity contribution in [2.24, 2.45) is 0 Å². The van der Waals surface area contributed by atoms with Gasteiger partial charge in [-0.1, -0.05) is 42.5 Å². The van der Waals surface area contributed by atoms with Crippen LogP contribution in [0.25, 0.3) is 0 Å². The molecule has 0 unspecified atom stereocenters. The lowest BCUT2D eigenvalue weighted by Crippen LogP contribution is -2.47. The van der Waals surface area contributed by atoms with Crippen LogP contribution in [0.1, 0.15) is 27.0 Å². The van der Waals surface area contributed by atoms with Gasteiger partial charge in [-0.3, -0.25) is 19.3 Å². The van der Waals surface area contributed by atoms with Crippen molar-refractivity contribution in [2.45, 2.75) is 12.6 Å². The molecule has 0 aliphatic heterocycles. The molecule has 2 aromatic heterocycles. The lowest BCUT2D eigenvalue weighted by atomic mass is 10.0. The summed E-state index contributed by atoms with van der Waals surface area (Å²) >= 11 is 1.24. The third kappa shape index (κ3) is 5.82. The summed E-state index contributed by atoms with van der Waals surface area (Å²) in [7, 11) is 0. The first kappa shape index (κ1) is 23.9. The van der Waals surface area contributed by atoms with Gasteiger partial charge in [0.2, 0.25) is 11.8 Å². The van der Waals surface area contributed by atoms with Crippen molar-refractivity contribution in [3.05, 3.63) is 113 Å². The molecule has 0 aliphatic carbocycles. The maximum atomic E-state index is 14.9. The Bertz CT molecular complexity index is 1280. The van der Waals surface area contributed by atoms with Gasteiger partial charge in [-0.25, -0.2) is 4.39 Å². The van der Waals surface area contributed by atoms with Crippen LogP contribution in [0, 0.1) is 5.82 Å². The van der Waals surface area contributed by atoms with Crippen LogP contribution < -0.4 is 15.5 Å².